The monoisotopic (exact) mass is 240 g/mol. The largest absolute Gasteiger partial charge is 0.330 e. The highest BCUT2D eigenvalue weighted by Gasteiger charge is 2.31. The number of fused-ring (bicyclic) bond motifs is 1. The Bertz CT molecular complexity index is 146. The van der Waals surface area contributed by atoms with Crippen molar-refractivity contribution in [3.63, 3.8) is 0 Å². The van der Waals surface area contributed by atoms with Crippen LogP contribution in [0.25, 0.3) is 0 Å². The van der Waals surface area contributed by atoms with Crippen LogP contribution in [0.3, 0.4) is 0 Å². The van der Waals surface area contributed by atoms with Crippen LogP contribution in [-0.4, -0.2) is 30.6 Å². The van der Waals surface area contributed by atoms with Crippen molar-refractivity contribution in [2.75, 3.05) is 19.6 Å². The van der Waals surface area contributed by atoms with Gasteiger partial charge in [0.05, 0.1) is 0 Å². The van der Waals surface area contributed by atoms with E-state index in [0.29, 0.717) is 0 Å². The Balaban J connectivity index is 0.000000845. The second-order valence-electron chi connectivity index (χ2n) is 4.24. The normalized spacial score (nSPS) is 32.4. The lowest BCUT2D eigenvalue weighted by Crippen LogP contribution is -2.49. The Hall–Kier alpha value is 0.500. The summed E-state index contributed by atoms with van der Waals surface area (Å²) in [4.78, 5) is 2.67. The van der Waals surface area contributed by atoms with E-state index in [-0.39, 0.29) is 24.8 Å². The van der Waals surface area contributed by atoms with Gasteiger partial charge < -0.3 is 10.6 Å². The fourth-order valence-electron chi connectivity index (χ4n) is 2.85. The van der Waals surface area contributed by atoms with Crippen LogP contribution in [0.4, 0.5) is 0 Å². The summed E-state index contributed by atoms with van der Waals surface area (Å²) in [5.41, 5.74) is 5.78. The van der Waals surface area contributed by atoms with Crippen LogP contribution in [0.5, 0.6) is 0 Å². The standard InChI is InChI=1S/C10H20N2.2ClH/c11-8-9-4-3-7-12-6-2-1-5-10(9)12;;/h9-10H,1-8,11H2;2*1H. The molecule has 0 aromatic rings. The van der Waals surface area contributed by atoms with Crippen LogP contribution >= 0.6 is 24.8 Å². The number of hydrogen-bond acceptors (Lipinski definition) is 2. The van der Waals surface area contributed by atoms with Crippen molar-refractivity contribution in [2.45, 2.75) is 38.1 Å². The minimum atomic E-state index is 0. The fraction of sp³-hybridized carbons (Fsp3) is 1.00. The van der Waals surface area contributed by atoms with E-state index in [1.54, 1.807) is 0 Å². The maximum Gasteiger partial charge on any atom is 0.0136 e. The molecule has 2 unspecified atom stereocenters. The summed E-state index contributed by atoms with van der Waals surface area (Å²) >= 11 is 0. The summed E-state index contributed by atoms with van der Waals surface area (Å²) in [6.45, 7) is 3.57. The van der Waals surface area contributed by atoms with Crippen molar-refractivity contribution >= 4 is 24.8 Å². The zero-order valence-electron chi connectivity index (χ0n) is 8.65. The van der Waals surface area contributed by atoms with Crippen LogP contribution in [0, 0.1) is 5.92 Å². The van der Waals surface area contributed by atoms with E-state index in [4.69, 9.17) is 5.73 Å². The predicted molar refractivity (Wildman–Crippen MR) is 65.5 cm³/mol. The molecule has 0 saturated carbocycles. The van der Waals surface area contributed by atoms with Crippen molar-refractivity contribution in [3.05, 3.63) is 0 Å². The molecule has 2 rings (SSSR count). The van der Waals surface area contributed by atoms with Gasteiger partial charge in [0.1, 0.15) is 0 Å². The van der Waals surface area contributed by atoms with Gasteiger partial charge in [-0.3, -0.25) is 0 Å². The molecule has 0 aromatic heterocycles. The molecule has 2 fully saturated rings. The number of nitrogens with zero attached hydrogens (tertiary/aromatic N) is 1. The first kappa shape index (κ1) is 14.5. The van der Waals surface area contributed by atoms with Gasteiger partial charge in [-0.25, -0.2) is 0 Å². The summed E-state index contributed by atoms with van der Waals surface area (Å²) in [5, 5.41) is 0. The molecule has 86 valence electrons. The van der Waals surface area contributed by atoms with Gasteiger partial charge in [-0.15, -0.1) is 24.8 Å². The first-order valence-electron chi connectivity index (χ1n) is 5.36. The van der Waals surface area contributed by atoms with Crippen LogP contribution < -0.4 is 5.73 Å². The molecule has 0 aliphatic carbocycles. The lowest BCUT2D eigenvalue weighted by Gasteiger charge is -2.44. The highest BCUT2D eigenvalue weighted by Crippen LogP contribution is 2.29. The van der Waals surface area contributed by atoms with Gasteiger partial charge in [0.2, 0.25) is 0 Å². The van der Waals surface area contributed by atoms with Gasteiger partial charge in [0.15, 0.2) is 0 Å². The van der Waals surface area contributed by atoms with Crippen LogP contribution in [0.2, 0.25) is 0 Å². The van der Waals surface area contributed by atoms with Gasteiger partial charge >= 0.3 is 0 Å². The first-order valence-corrected chi connectivity index (χ1v) is 5.36. The summed E-state index contributed by atoms with van der Waals surface area (Å²) in [6, 6.07) is 0.845. The molecule has 0 radical (unpaired) electrons. The number of piperidine rings is 2. The third kappa shape index (κ3) is 2.99. The molecule has 0 bridgehead atoms. The van der Waals surface area contributed by atoms with Gasteiger partial charge in [0, 0.05) is 6.04 Å². The Morgan fingerprint density at radius 2 is 1.71 bits per heavy atom. The predicted octanol–water partition coefficient (Wildman–Crippen LogP) is 2.05. The maximum absolute atomic E-state index is 5.78. The molecule has 0 aromatic carbocycles. The summed E-state index contributed by atoms with van der Waals surface area (Å²) in [5.74, 6) is 0.805. The van der Waals surface area contributed by atoms with Crippen molar-refractivity contribution in [1.29, 1.82) is 0 Å². The van der Waals surface area contributed by atoms with E-state index >= 15 is 0 Å². The average molecular weight is 241 g/mol. The number of rotatable bonds is 1. The number of nitrogens with two attached hydrogens (primary N) is 1. The average Bonchev–Trinajstić information content (AvgIpc) is 2.17. The Kier molecular flexibility index (Phi) is 7.13. The van der Waals surface area contributed by atoms with E-state index in [2.05, 4.69) is 4.90 Å². The zero-order valence-corrected chi connectivity index (χ0v) is 10.3. The van der Waals surface area contributed by atoms with E-state index in [1.165, 1.54) is 45.2 Å². The first-order chi connectivity index (χ1) is 5.92. The molecule has 2 saturated heterocycles. The Morgan fingerprint density at radius 1 is 1.00 bits per heavy atom. The van der Waals surface area contributed by atoms with E-state index in [9.17, 15) is 0 Å². The molecule has 2 N–H and O–H groups in total. The van der Waals surface area contributed by atoms with Gasteiger partial charge in [-0.2, -0.15) is 0 Å². The van der Waals surface area contributed by atoms with E-state index < -0.39 is 0 Å². The van der Waals surface area contributed by atoms with Gasteiger partial charge in [0.25, 0.3) is 0 Å². The third-order valence-corrected chi connectivity index (χ3v) is 3.53. The lowest BCUT2D eigenvalue weighted by molar-refractivity contribution is 0.0632. The van der Waals surface area contributed by atoms with Crippen LogP contribution in [0.1, 0.15) is 32.1 Å². The van der Waals surface area contributed by atoms with Crippen molar-refractivity contribution in [1.82, 2.24) is 4.90 Å². The second-order valence-corrected chi connectivity index (χ2v) is 4.24. The SMILES string of the molecule is Cl.Cl.NCC1CCCN2CCCCC12. The molecule has 2 aliphatic heterocycles. The lowest BCUT2D eigenvalue weighted by atomic mass is 9.84. The van der Waals surface area contributed by atoms with Crippen molar-refractivity contribution < 1.29 is 0 Å². The topological polar surface area (TPSA) is 29.3 Å². The molecule has 2 atom stereocenters. The molecule has 4 heteroatoms. The minimum absolute atomic E-state index is 0. The molecule has 14 heavy (non-hydrogen) atoms. The van der Waals surface area contributed by atoms with Crippen molar-refractivity contribution in [2.24, 2.45) is 11.7 Å². The Labute approximate surface area is 99.4 Å². The summed E-state index contributed by atoms with van der Waals surface area (Å²) in [6.07, 6.45) is 6.99. The van der Waals surface area contributed by atoms with Crippen LogP contribution in [-0.2, 0) is 0 Å². The zero-order chi connectivity index (χ0) is 8.39. The molecule has 0 amide bonds. The number of halogens is 2. The van der Waals surface area contributed by atoms with Gasteiger partial charge in [-0.1, -0.05) is 6.42 Å². The highest BCUT2D eigenvalue weighted by molar-refractivity contribution is 5.85. The summed E-state index contributed by atoms with van der Waals surface area (Å²) in [7, 11) is 0. The molecule has 2 aliphatic rings. The van der Waals surface area contributed by atoms with Crippen LogP contribution in [0.15, 0.2) is 0 Å². The van der Waals surface area contributed by atoms with Gasteiger partial charge in [-0.05, 0) is 51.2 Å². The number of hydrogen-bond donors (Lipinski definition) is 1. The Morgan fingerprint density at radius 3 is 2.43 bits per heavy atom. The third-order valence-electron chi connectivity index (χ3n) is 3.53. The van der Waals surface area contributed by atoms with Crippen molar-refractivity contribution in [3.8, 4) is 0 Å². The molecular formula is C10H22Cl2N2. The second kappa shape index (κ2) is 6.89. The summed E-state index contributed by atoms with van der Waals surface area (Å²) < 4.78 is 0. The molecule has 2 nitrogen and oxygen atoms in total. The quantitative estimate of drug-likeness (QED) is 0.761. The minimum Gasteiger partial charge on any atom is -0.330 e. The smallest absolute Gasteiger partial charge is 0.0136 e. The van der Waals surface area contributed by atoms with E-state index in [1.807, 2.05) is 0 Å². The highest BCUT2D eigenvalue weighted by atomic mass is 35.5. The van der Waals surface area contributed by atoms with E-state index in [0.717, 1.165) is 18.5 Å². The molecular weight excluding hydrogens is 219 g/mol. The fourth-order valence-corrected chi connectivity index (χ4v) is 2.85. The molecule has 2 heterocycles. The maximum atomic E-state index is 5.78. The molecule has 0 spiro atoms.